The predicted molar refractivity (Wildman–Crippen MR) is 101 cm³/mol. The van der Waals surface area contributed by atoms with Crippen LogP contribution in [0.4, 0.5) is 38.4 Å². The zero-order valence-electron chi connectivity index (χ0n) is 16.1. The van der Waals surface area contributed by atoms with E-state index in [0.717, 1.165) is 25.6 Å². The summed E-state index contributed by atoms with van der Waals surface area (Å²) in [6, 6.07) is -2.43. The molecule has 12 heteroatoms. The van der Waals surface area contributed by atoms with Gasteiger partial charge in [0.1, 0.15) is 11.6 Å². The van der Waals surface area contributed by atoms with E-state index in [2.05, 4.69) is 15.3 Å². The fourth-order valence-electron chi connectivity index (χ4n) is 3.20. The van der Waals surface area contributed by atoms with E-state index in [9.17, 15) is 26.7 Å². The molecule has 0 unspecified atom stereocenters. The van der Waals surface area contributed by atoms with E-state index in [4.69, 9.17) is 4.42 Å². The predicted octanol–water partition coefficient (Wildman–Crippen LogP) is 4.44. The second kappa shape index (κ2) is 7.67. The smallest absolute Gasteiger partial charge is 0.416 e. The Morgan fingerprint density at radius 3 is 2.45 bits per heavy atom. The van der Waals surface area contributed by atoms with Gasteiger partial charge in [0.05, 0.1) is 18.1 Å². The number of rotatable bonds is 4. The number of furan rings is 1. The van der Waals surface area contributed by atoms with E-state index >= 15 is 0 Å². The van der Waals surface area contributed by atoms with Crippen molar-refractivity contribution in [2.24, 2.45) is 0 Å². The van der Waals surface area contributed by atoms with Crippen molar-refractivity contribution in [3.8, 4) is 0 Å². The molecule has 1 saturated heterocycles. The first-order valence-corrected chi connectivity index (χ1v) is 9.23. The monoisotopic (exact) mass is 441 g/mol. The lowest BCUT2D eigenvalue weighted by molar-refractivity contribution is -0.158. The van der Waals surface area contributed by atoms with Crippen molar-refractivity contribution in [1.82, 2.24) is 15.3 Å². The Morgan fingerprint density at radius 1 is 1.19 bits per heavy atom. The van der Waals surface area contributed by atoms with Crippen LogP contribution in [0, 0.1) is 18.6 Å². The minimum atomic E-state index is -4.97. The first-order valence-electron chi connectivity index (χ1n) is 9.23. The van der Waals surface area contributed by atoms with Gasteiger partial charge in [0.15, 0.2) is 17.4 Å². The van der Waals surface area contributed by atoms with E-state index in [0.29, 0.717) is 12.0 Å². The molecule has 1 atom stereocenters. The molecule has 1 aliphatic rings. The number of hydrogen-bond acceptors (Lipinski definition) is 5. The fourth-order valence-corrected chi connectivity index (χ4v) is 3.20. The summed E-state index contributed by atoms with van der Waals surface area (Å²) in [4.78, 5) is 22.2. The van der Waals surface area contributed by atoms with Crippen molar-refractivity contribution >= 4 is 28.6 Å². The van der Waals surface area contributed by atoms with Crippen LogP contribution in [0.1, 0.15) is 23.8 Å². The summed E-state index contributed by atoms with van der Waals surface area (Å²) >= 11 is 0. The highest BCUT2D eigenvalue weighted by Gasteiger charge is 2.45. The lowest BCUT2D eigenvalue weighted by Gasteiger charge is -2.30. The van der Waals surface area contributed by atoms with Gasteiger partial charge in [-0.25, -0.2) is 23.5 Å². The largest absolute Gasteiger partial charge is 0.455 e. The Kier molecular flexibility index (Phi) is 5.15. The average Bonchev–Trinajstić information content (AvgIpc) is 2.96. The van der Waals surface area contributed by atoms with Gasteiger partial charge in [0.2, 0.25) is 5.95 Å². The standard InChI is InChI=1S/C19H16F5N5O2/c1-9-12-5-10(20)6-13(21)15(12)31-14(9)16(19(22,23)24)28-18(30)27-11-7-25-17(26-8-11)29-3-2-4-29/h5-8,16H,2-4H2,1H3,(H2,27,28,30)/t16-/m1/s1. The van der Waals surface area contributed by atoms with Crippen LogP contribution in [0.25, 0.3) is 11.0 Å². The molecule has 0 aliphatic carbocycles. The molecule has 31 heavy (non-hydrogen) atoms. The minimum absolute atomic E-state index is 0.0807. The van der Waals surface area contributed by atoms with Crippen molar-refractivity contribution < 1.29 is 31.2 Å². The Hall–Kier alpha value is -3.44. The number of fused-ring (bicyclic) bond motifs is 1. The maximum atomic E-state index is 13.9. The molecule has 1 aromatic carbocycles. The number of carbonyl (C=O) groups is 1. The van der Waals surface area contributed by atoms with Crippen LogP contribution in [0.15, 0.2) is 28.9 Å². The number of anilines is 2. The van der Waals surface area contributed by atoms with E-state index in [1.165, 1.54) is 19.3 Å². The Labute approximate surface area is 172 Å². The zero-order valence-corrected chi connectivity index (χ0v) is 16.1. The van der Waals surface area contributed by atoms with Gasteiger partial charge in [0, 0.05) is 30.1 Å². The molecule has 3 aromatic rings. The molecule has 1 aliphatic heterocycles. The molecule has 164 valence electrons. The molecule has 2 amide bonds. The molecule has 0 saturated carbocycles. The van der Waals surface area contributed by atoms with Gasteiger partial charge >= 0.3 is 12.2 Å². The third kappa shape index (κ3) is 4.09. The van der Waals surface area contributed by atoms with Gasteiger partial charge in [-0.3, -0.25) is 0 Å². The van der Waals surface area contributed by atoms with Crippen molar-refractivity contribution in [3.63, 3.8) is 0 Å². The molecule has 1 fully saturated rings. The summed E-state index contributed by atoms with van der Waals surface area (Å²) in [5, 5.41) is 3.83. The van der Waals surface area contributed by atoms with E-state index in [1.54, 1.807) is 5.32 Å². The fraction of sp³-hybridized carbons (Fsp3) is 0.316. The number of urea groups is 1. The number of nitrogens with one attached hydrogen (secondary N) is 2. The van der Waals surface area contributed by atoms with Crippen LogP contribution in [0.5, 0.6) is 0 Å². The number of nitrogens with zero attached hydrogens (tertiary/aromatic N) is 3. The molecule has 3 heterocycles. The number of halogens is 5. The summed E-state index contributed by atoms with van der Waals surface area (Å²) in [6.07, 6.45) is -1.41. The molecule has 0 radical (unpaired) electrons. The summed E-state index contributed by atoms with van der Waals surface area (Å²) in [7, 11) is 0. The Bertz CT molecular complexity index is 1130. The van der Waals surface area contributed by atoms with E-state index in [-0.39, 0.29) is 16.6 Å². The molecule has 7 nitrogen and oxygen atoms in total. The molecular formula is C19H16F5N5O2. The zero-order chi connectivity index (χ0) is 22.3. The normalized spacial score (nSPS) is 15.0. The molecule has 2 aromatic heterocycles. The maximum Gasteiger partial charge on any atom is 0.416 e. The van der Waals surface area contributed by atoms with Crippen molar-refractivity contribution in [1.29, 1.82) is 0 Å². The lowest BCUT2D eigenvalue weighted by Crippen LogP contribution is -2.40. The van der Waals surface area contributed by atoms with E-state index < -0.39 is 41.2 Å². The average molecular weight is 441 g/mol. The molecule has 0 spiro atoms. The summed E-state index contributed by atoms with van der Waals surface area (Å²) in [6.45, 7) is 2.84. The molecule has 4 rings (SSSR count). The summed E-state index contributed by atoms with van der Waals surface area (Å²) in [5.41, 5.74) is -0.587. The summed E-state index contributed by atoms with van der Waals surface area (Å²) in [5.74, 6) is -2.39. The van der Waals surface area contributed by atoms with Gasteiger partial charge in [-0.1, -0.05) is 0 Å². The van der Waals surface area contributed by atoms with Crippen LogP contribution >= 0.6 is 0 Å². The highest BCUT2D eigenvalue weighted by molar-refractivity contribution is 5.89. The summed E-state index contributed by atoms with van der Waals surface area (Å²) < 4.78 is 73.5. The van der Waals surface area contributed by atoms with Crippen LogP contribution in [0.2, 0.25) is 0 Å². The second-order valence-corrected chi connectivity index (χ2v) is 7.04. The Morgan fingerprint density at radius 2 is 1.87 bits per heavy atom. The highest BCUT2D eigenvalue weighted by atomic mass is 19.4. The second-order valence-electron chi connectivity index (χ2n) is 7.04. The quantitative estimate of drug-likeness (QED) is 0.585. The van der Waals surface area contributed by atoms with Crippen molar-refractivity contribution in [2.45, 2.75) is 25.6 Å². The lowest BCUT2D eigenvalue weighted by atomic mass is 10.1. The first kappa shape index (κ1) is 20.8. The van der Waals surface area contributed by atoms with Crippen LogP contribution < -0.4 is 15.5 Å². The van der Waals surface area contributed by atoms with Crippen molar-refractivity contribution in [3.05, 3.63) is 47.5 Å². The number of hydrogen-bond donors (Lipinski definition) is 2. The van der Waals surface area contributed by atoms with Gasteiger partial charge < -0.3 is 20.0 Å². The maximum absolute atomic E-state index is 13.9. The SMILES string of the molecule is Cc1c([C@@H](NC(=O)Nc2cnc(N3CCC3)nc2)C(F)(F)F)oc2c(F)cc(F)cc12. The topological polar surface area (TPSA) is 83.3 Å². The van der Waals surface area contributed by atoms with Crippen LogP contribution in [-0.4, -0.2) is 35.3 Å². The highest BCUT2D eigenvalue weighted by Crippen LogP contribution is 2.39. The first-order chi connectivity index (χ1) is 14.6. The third-order valence-electron chi connectivity index (χ3n) is 4.89. The molecule has 2 N–H and O–H groups in total. The number of carbonyl (C=O) groups excluding carboxylic acids is 1. The number of alkyl halides is 3. The number of amides is 2. The molecular weight excluding hydrogens is 425 g/mol. The van der Waals surface area contributed by atoms with E-state index in [1.807, 2.05) is 4.90 Å². The van der Waals surface area contributed by atoms with Gasteiger partial charge in [-0.2, -0.15) is 13.2 Å². The van der Waals surface area contributed by atoms with Gasteiger partial charge in [0.25, 0.3) is 0 Å². The van der Waals surface area contributed by atoms with Gasteiger partial charge in [-0.05, 0) is 19.4 Å². The number of aryl methyl sites for hydroxylation is 1. The third-order valence-corrected chi connectivity index (χ3v) is 4.89. The van der Waals surface area contributed by atoms with Crippen LogP contribution in [-0.2, 0) is 0 Å². The number of benzene rings is 1. The van der Waals surface area contributed by atoms with Gasteiger partial charge in [-0.15, -0.1) is 0 Å². The molecule has 0 bridgehead atoms. The van der Waals surface area contributed by atoms with Crippen LogP contribution in [0.3, 0.4) is 0 Å². The number of aromatic nitrogens is 2. The Balaban J connectivity index is 1.56. The minimum Gasteiger partial charge on any atom is -0.455 e. The van der Waals surface area contributed by atoms with Crippen molar-refractivity contribution in [2.75, 3.05) is 23.3 Å².